The van der Waals surface area contributed by atoms with Crippen LogP contribution in [0.2, 0.25) is 0 Å². The number of hydrogen-bond donors (Lipinski definition) is 1. The summed E-state index contributed by atoms with van der Waals surface area (Å²) in [7, 11) is 0. The molecule has 1 saturated carbocycles. The highest BCUT2D eigenvalue weighted by molar-refractivity contribution is 5.77. The molecule has 1 heterocycles. The first kappa shape index (κ1) is 17.2. The quantitative estimate of drug-likeness (QED) is 0.886. The Morgan fingerprint density at radius 2 is 2.13 bits per heavy atom. The first-order valence-electron chi connectivity index (χ1n) is 7.78. The van der Waals surface area contributed by atoms with E-state index in [1.54, 1.807) is 31.8 Å². The molecule has 0 unspecified atom stereocenters. The molecule has 0 spiro atoms. The number of carboxylic acid groups (broad SMARTS) is 1. The van der Waals surface area contributed by atoms with Gasteiger partial charge in [0.1, 0.15) is 24.8 Å². The number of ether oxygens (including phenoxy) is 1. The zero-order valence-electron chi connectivity index (χ0n) is 13.8. The zero-order chi connectivity index (χ0) is 17.0. The average Bonchev–Trinajstić information content (AvgIpc) is 3.06. The number of nitrogens with zero attached hydrogens (tertiary/aromatic N) is 4. The Hall–Kier alpha value is -2.12. The molecular weight excluding hydrogens is 300 g/mol. The van der Waals surface area contributed by atoms with E-state index in [0.29, 0.717) is 5.92 Å². The van der Waals surface area contributed by atoms with Gasteiger partial charge in [0.25, 0.3) is 0 Å². The first-order valence-corrected chi connectivity index (χ1v) is 7.78. The lowest BCUT2D eigenvalue weighted by Crippen LogP contribution is -2.45. The second-order valence-corrected chi connectivity index (χ2v) is 6.95. The molecular formula is C15H24N4O4. The summed E-state index contributed by atoms with van der Waals surface area (Å²) in [5.41, 5.74) is -0.646. The SMILES string of the molecule is CC(C)(C)OC(=O)N(CC(=O)O)[C@@H]1CC[C@H](Cn2cncn2)C1. The maximum Gasteiger partial charge on any atom is 0.411 e. The van der Waals surface area contributed by atoms with Crippen LogP contribution in [-0.2, 0) is 16.1 Å². The van der Waals surface area contributed by atoms with Crippen molar-refractivity contribution >= 4 is 12.1 Å². The van der Waals surface area contributed by atoms with Gasteiger partial charge in [0.15, 0.2) is 0 Å². The second kappa shape index (κ2) is 6.97. The van der Waals surface area contributed by atoms with Crippen LogP contribution in [0.5, 0.6) is 0 Å². The smallest absolute Gasteiger partial charge is 0.411 e. The highest BCUT2D eigenvalue weighted by Crippen LogP contribution is 2.31. The molecule has 8 nitrogen and oxygen atoms in total. The molecule has 1 aliphatic rings. The Morgan fingerprint density at radius 3 is 2.70 bits per heavy atom. The molecule has 1 amide bonds. The van der Waals surface area contributed by atoms with Crippen LogP contribution in [0.4, 0.5) is 4.79 Å². The predicted octanol–water partition coefficient (Wildman–Crippen LogP) is 1.77. The molecule has 1 fully saturated rings. The van der Waals surface area contributed by atoms with Crippen molar-refractivity contribution in [2.45, 2.75) is 58.2 Å². The fourth-order valence-electron chi connectivity index (χ4n) is 2.90. The highest BCUT2D eigenvalue weighted by Gasteiger charge is 2.35. The molecule has 2 rings (SSSR count). The molecule has 23 heavy (non-hydrogen) atoms. The third kappa shape index (κ3) is 5.22. The van der Waals surface area contributed by atoms with Gasteiger partial charge in [0.2, 0.25) is 0 Å². The number of aromatic nitrogens is 3. The Balaban J connectivity index is 1.99. The molecule has 1 aromatic heterocycles. The summed E-state index contributed by atoms with van der Waals surface area (Å²) in [5, 5.41) is 13.2. The van der Waals surface area contributed by atoms with Gasteiger partial charge in [-0.2, -0.15) is 5.10 Å². The summed E-state index contributed by atoms with van der Waals surface area (Å²) in [5.74, 6) is -0.684. The van der Waals surface area contributed by atoms with E-state index in [1.165, 1.54) is 11.2 Å². The lowest BCUT2D eigenvalue weighted by Gasteiger charge is -2.30. The van der Waals surface area contributed by atoms with E-state index in [4.69, 9.17) is 9.84 Å². The van der Waals surface area contributed by atoms with Gasteiger partial charge in [-0.05, 0) is 46.0 Å². The fraction of sp³-hybridized carbons (Fsp3) is 0.733. The summed E-state index contributed by atoms with van der Waals surface area (Å²) in [4.78, 5) is 28.7. The number of rotatable bonds is 5. The van der Waals surface area contributed by atoms with E-state index in [0.717, 1.165) is 25.8 Å². The maximum atomic E-state index is 12.3. The van der Waals surface area contributed by atoms with Crippen LogP contribution in [0.25, 0.3) is 0 Å². The van der Waals surface area contributed by atoms with Gasteiger partial charge in [0, 0.05) is 12.6 Å². The summed E-state index contributed by atoms with van der Waals surface area (Å²) >= 11 is 0. The standard InChI is InChI=1S/C15H24N4O4/c1-15(2,3)23-14(22)19(8-13(20)21)12-5-4-11(6-12)7-18-10-16-9-17-18/h9-12H,4-8H2,1-3H3,(H,20,21)/t11-,12+/m0/s1. The van der Waals surface area contributed by atoms with Gasteiger partial charge in [0.05, 0.1) is 0 Å². The van der Waals surface area contributed by atoms with Crippen LogP contribution in [0, 0.1) is 5.92 Å². The number of hydrogen-bond acceptors (Lipinski definition) is 5. The van der Waals surface area contributed by atoms with Gasteiger partial charge in [-0.25, -0.2) is 9.78 Å². The average molecular weight is 324 g/mol. The number of carbonyl (C=O) groups excluding carboxylic acids is 1. The Bertz CT molecular complexity index is 538. The van der Waals surface area contributed by atoms with Crippen LogP contribution in [0.15, 0.2) is 12.7 Å². The lowest BCUT2D eigenvalue weighted by molar-refractivity contribution is -0.138. The molecule has 1 aromatic rings. The van der Waals surface area contributed by atoms with Crippen LogP contribution in [0.1, 0.15) is 40.0 Å². The molecule has 0 aliphatic heterocycles. The van der Waals surface area contributed by atoms with Gasteiger partial charge >= 0.3 is 12.1 Å². The number of carbonyl (C=O) groups is 2. The third-order valence-electron chi connectivity index (χ3n) is 3.80. The minimum atomic E-state index is -1.03. The van der Waals surface area contributed by atoms with E-state index in [-0.39, 0.29) is 12.6 Å². The van der Waals surface area contributed by atoms with Crippen molar-refractivity contribution in [3.05, 3.63) is 12.7 Å². The molecule has 2 atom stereocenters. The predicted molar refractivity (Wildman–Crippen MR) is 81.7 cm³/mol. The number of aliphatic carboxylic acids is 1. The molecule has 0 aromatic carbocycles. The van der Waals surface area contributed by atoms with Crippen molar-refractivity contribution < 1.29 is 19.4 Å². The molecule has 0 radical (unpaired) electrons. The van der Waals surface area contributed by atoms with Gasteiger partial charge in [-0.1, -0.05) is 0 Å². The monoisotopic (exact) mass is 324 g/mol. The first-order chi connectivity index (χ1) is 10.7. The zero-order valence-corrected chi connectivity index (χ0v) is 13.8. The molecule has 1 N–H and O–H groups in total. The Kier molecular flexibility index (Phi) is 5.23. The summed E-state index contributed by atoms with van der Waals surface area (Å²) < 4.78 is 7.12. The van der Waals surface area contributed by atoms with Crippen LogP contribution in [0.3, 0.4) is 0 Å². The van der Waals surface area contributed by atoms with Gasteiger partial charge < -0.3 is 9.84 Å². The summed E-state index contributed by atoms with van der Waals surface area (Å²) in [6.07, 6.45) is 5.02. The van der Waals surface area contributed by atoms with E-state index < -0.39 is 17.7 Å². The fourth-order valence-corrected chi connectivity index (χ4v) is 2.90. The minimum Gasteiger partial charge on any atom is -0.480 e. The third-order valence-corrected chi connectivity index (χ3v) is 3.80. The van der Waals surface area contributed by atoms with E-state index in [9.17, 15) is 9.59 Å². The van der Waals surface area contributed by atoms with E-state index in [2.05, 4.69) is 10.1 Å². The molecule has 0 bridgehead atoms. The van der Waals surface area contributed by atoms with Gasteiger partial charge in [-0.15, -0.1) is 0 Å². The van der Waals surface area contributed by atoms with Crippen LogP contribution >= 0.6 is 0 Å². The van der Waals surface area contributed by atoms with Crippen molar-refractivity contribution in [1.82, 2.24) is 19.7 Å². The van der Waals surface area contributed by atoms with E-state index >= 15 is 0 Å². The van der Waals surface area contributed by atoms with Crippen molar-refractivity contribution in [2.24, 2.45) is 5.92 Å². The molecule has 8 heteroatoms. The molecule has 0 saturated heterocycles. The molecule has 1 aliphatic carbocycles. The van der Waals surface area contributed by atoms with Crippen molar-refractivity contribution in [3.63, 3.8) is 0 Å². The van der Waals surface area contributed by atoms with E-state index in [1.807, 2.05) is 0 Å². The summed E-state index contributed by atoms with van der Waals surface area (Å²) in [6, 6.07) is -0.116. The van der Waals surface area contributed by atoms with Crippen molar-refractivity contribution in [2.75, 3.05) is 6.54 Å². The van der Waals surface area contributed by atoms with Crippen LogP contribution in [-0.4, -0.2) is 55.0 Å². The van der Waals surface area contributed by atoms with Crippen molar-refractivity contribution in [3.8, 4) is 0 Å². The normalized spacial score (nSPS) is 21.2. The largest absolute Gasteiger partial charge is 0.480 e. The maximum absolute atomic E-state index is 12.3. The molecule has 128 valence electrons. The Labute approximate surface area is 135 Å². The number of amides is 1. The van der Waals surface area contributed by atoms with Crippen LogP contribution < -0.4 is 0 Å². The topological polar surface area (TPSA) is 97.6 Å². The number of carboxylic acids is 1. The lowest BCUT2D eigenvalue weighted by atomic mass is 10.1. The minimum absolute atomic E-state index is 0.116. The van der Waals surface area contributed by atoms with Gasteiger partial charge in [-0.3, -0.25) is 14.4 Å². The summed E-state index contributed by atoms with van der Waals surface area (Å²) in [6.45, 7) is 5.70. The van der Waals surface area contributed by atoms with Crippen molar-refractivity contribution in [1.29, 1.82) is 0 Å². The highest BCUT2D eigenvalue weighted by atomic mass is 16.6. The second-order valence-electron chi connectivity index (χ2n) is 6.95. The Morgan fingerprint density at radius 1 is 1.39 bits per heavy atom.